The van der Waals surface area contributed by atoms with Crippen molar-refractivity contribution in [2.75, 3.05) is 55.8 Å². The molecule has 2 heterocycles. The Hall–Kier alpha value is -3.00. The topological polar surface area (TPSA) is 108 Å². The minimum absolute atomic E-state index is 0.00875. The lowest BCUT2D eigenvalue weighted by Gasteiger charge is -2.36. The second-order valence-electron chi connectivity index (χ2n) is 6.83. The van der Waals surface area contributed by atoms with Crippen molar-refractivity contribution in [2.24, 2.45) is 0 Å². The zero-order valence-electron chi connectivity index (χ0n) is 16.5. The molecule has 0 unspecified atom stereocenters. The number of piperazine rings is 1. The van der Waals surface area contributed by atoms with Gasteiger partial charge in [-0.1, -0.05) is 11.6 Å². The van der Waals surface area contributed by atoms with Crippen molar-refractivity contribution in [1.82, 2.24) is 9.88 Å². The molecular weight excluding hydrogens is 392 g/mol. The van der Waals surface area contributed by atoms with Crippen molar-refractivity contribution in [2.45, 2.75) is 6.92 Å². The Balaban J connectivity index is 1.56. The van der Waals surface area contributed by atoms with Crippen molar-refractivity contribution in [3.8, 4) is 5.75 Å². The maximum Gasteiger partial charge on any atom is 0.242 e. The number of carbonyl (C=O) groups excluding carboxylic acids is 1. The number of nitrogens with two attached hydrogens (primary N) is 1. The van der Waals surface area contributed by atoms with Gasteiger partial charge in [-0.15, -0.1) is 0 Å². The molecule has 3 rings (SSSR count). The number of benzene rings is 1. The first kappa shape index (κ1) is 20.7. The Bertz CT molecular complexity index is 912. The number of nitrogens with one attached hydrogen (secondary N) is 2. The van der Waals surface area contributed by atoms with E-state index in [1.54, 1.807) is 20.1 Å². The fourth-order valence-electron chi connectivity index (χ4n) is 3.24. The van der Waals surface area contributed by atoms with Crippen LogP contribution < -0.4 is 20.7 Å². The number of methoxy groups -OCH3 is 1. The van der Waals surface area contributed by atoms with Crippen LogP contribution in [0.25, 0.3) is 0 Å². The van der Waals surface area contributed by atoms with Crippen LogP contribution in [0.3, 0.4) is 0 Å². The van der Waals surface area contributed by atoms with Gasteiger partial charge >= 0.3 is 0 Å². The number of hydrogen-bond acceptors (Lipinski definition) is 7. The third kappa shape index (κ3) is 4.89. The summed E-state index contributed by atoms with van der Waals surface area (Å²) in [4.78, 5) is 20.8. The number of nitrogens with zero attached hydrogens (tertiary/aromatic N) is 3. The zero-order valence-corrected chi connectivity index (χ0v) is 17.3. The fourth-order valence-corrected chi connectivity index (χ4v) is 3.43. The van der Waals surface area contributed by atoms with Crippen LogP contribution in [0.2, 0.25) is 5.02 Å². The van der Waals surface area contributed by atoms with Crippen molar-refractivity contribution in [1.29, 1.82) is 5.41 Å². The Morgan fingerprint density at radius 2 is 2.03 bits per heavy atom. The highest BCUT2D eigenvalue weighted by Gasteiger charge is 2.22. The van der Waals surface area contributed by atoms with Crippen molar-refractivity contribution in [3.63, 3.8) is 0 Å². The Labute approximate surface area is 175 Å². The van der Waals surface area contributed by atoms with E-state index in [-0.39, 0.29) is 12.5 Å². The summed E-state index contributed by atoms with van der Waals surface area (Å²) in [5.41, 5.74) is 8.19. The monoisotopic (exact) mass is 416 g/mol. The first-order valence-corrected chi connectivity index (χ1v) is 9.68. The van der Waals surface area contributed by atoms with Crippen LogP contribution in [0, 0.1) is 5.41 Å². The summed E-state index contributed by atoms with van der Waals surface area (Å²) in [7, 11) is 1.59. The van der Waals surface area contributed by atoms with Gasteiger partial charge in [-0.25, -0.2) is 4.98 Å². The fraction of sp³-hybridized carbons (Fsp3) is 0.350. The number of amides is 1. The number of ether oxygens (including phenoxy) is 1. The summed E-state index contributed by atoms with van der Waals surface area (Å²) < 4.78 is 5.28. The van der Waals surface area contributed by atoms with Crippen LogP contribution in [-0.2, 0) is 4.79 Å². The third-order valence-electron chi connectivity index (χ3n) is 4.85. The van der Waals surface area contributed by atoms with Crippen LogP contribution in [0.15, 0.2) is 30.5 Å². The Kier molecular flexibility index (Phi) is 6.43. The lowest BCUT2D eigenvalue weighted by atomic mass is 10.1. The van der Waals surface area contributed by atoms with E-state index >= 15 is 0 Å². The Morgan fingerprint density at radius 3 is 2.69 bits per heavy atom. The minimum atomic E-state index is -0.00875. The van der Waals surface area contributed by atoms with Gasteiger partial charge in [-0.3, -0.25) is 4.79 Å². The predicted molar refractivity (Wildman–Crippen MR) is 116 cm³/mol. The summed E-state index contributed by atoms with van der Waals surface area (Å²) in [6.45, 7) is 4.47. The van der Waals surface area contributed by atoms with Crippen molar-refractivity contribution in [3.05, 3.63) is 41.0 Å². The second kappa shape index (κ2) is 9.00. The molecule has 0 saturated carbocycles. The second-order valence-corrected chi connectivity index (χ2v) is 7.24. The molecule has 0 radical (unpaired) electrons. The molecule has 154 valence electrons. The quantitative estimate of drug-likeness (QED) is 0.624. The number of aromatic nitrogens is 1. The van der Waals surface area contributed by atoms with E-state index in [0.29, 0.717) is 46.6 Å². The standard InChI is InChI=1S/C20H25ClN6O2/c1-13(22)16-9-14(23)11-24-20(16)25-12-19(28)27-7-5-26(6-8-27)15-3-4-17(21)18(10-15)29-2/h3-4,9-11,22H,5-8,12,23H2,1-2H3,(H,24,25). The number of hydrogen-bond donors (Lipinski definition) is 3. The molecule has 1 fully saturated rings. The highest BCUT2D eigenvalue weighted by Crippen LogP contribution is 2.29. The molecule has 1 aromatic carbocycles. The van der Waals surface area contributed by atoms with E-state index < -0.39 is 0 Å². The van der Waals surface area contributed by atoms with Crippen LogP contribution in [-0.4, -0.2) is 61.3 Å². The largest absolute Gasteiger partial charge is 0.495 e. The maximum atomic E-state index is 12.6. The van der Waals surface area contributed by atoms with Gasteiger partial charge in [0.2, 0.25) is 5.91 Å². The van der Waals surface area contributed by atoms with Crippen molar-refractivity contribution >= 4 is 40.4 Å². The first-order valence-electron chi connectivity index (χ1n) is 9.30. The maximum absolute atomic E-state index is 12.6. The smallest absolute Gasteiger partial charge is 0.242 e. The average molecular weight is 417 g/mol. The number of anilines is 3. The summed E-state index contributed by atoms with van der Waals surface area (Å²) in [6.07, 6.45) is 1.51. The first-order chi connectivity index (χ1) is 13.9. The molecule has 29 heavy (non-hydrogen) atoms. The average Bonchev–Trinajstić information content (AvgIpc) is 2.73. The number of rotatable bonds is 6. The highest BCUT2D eigenvalue weighted by atomic mass is 35.5. The van der Waals surface area contributed by atoms with Crippen LogP contribution >= 0.6 is 11.6 Å². The third-order valence-corrected chi connectivity index (χ3v) is 5.16. The van der Waals surface area contributed by atoms with E-state index in [9.17, 15) is 4.79 Å². The number of halogens is 1. The number of nitrogen functional groups attached to an aromatic ring is 1. The minimum Gasteiger partial charge on any atom is -0.495 e. The summed E-state index contributed by atoms with van der Waals surface area (Å²) in [6, 6.07) is 7.37. The zero-order chi connectivity index (χ0) is 21.0. The van der Waals surface area contributed by atoms with Crippen molar-refractivity contribution < 1.29 is 9.53 Å². The van der Waals surface area contributed by atoms with Crippen LogP contribution in [0.5, 0.6) is 5.75 Å². The van der Waals surface area contributed by atoms with E-state index in [4.69, 9.17) is 27.5 Å². The van der Waals surface area contributed by atoms with Crippen LogP contribution in [0.1, 0.15) is 12.5 Å². The van der Waals surface area contributed by atoms with Gasteiger partial charge in [-0.2, -0.15) is 0 Å². The molecule has 1 aromatic heterocycles. The Morgan fingerprint density at radius 1 is 1.31 bits per heavy atom. The van der Waals surface area contributed by atoms with Gasteiger partial charge in [0, 0.05) is 49.2 Å². The van der Waals surface area contributed by atoms with Gasteiger partial charge in [0.1, 0.15) is 11.6 Å². The van der Waals surface area contributed by atoms with Gasteiger partial charge < -0.3 is 31.0 Å². The molecular formula is C20H25ClN6O2. The summed E-state index contributed by atoms with van der Waals surface area (Å²) >= 11 is 6.10. The molecule has 4 N–H and O–H groups in total. The molecule has 0 atom stereocenters. The molecule has 1 aliphatic rings. The lowest BCUT2D eigenvalue weighted by Crippen LogP contribution is -2.50. The molecule has 0 bridgehead atoms. The molecule has 1 aliphatic heterocycles. The molecule has 2 aromatic rings. The lowest BCUT2D eigenvalue weighted by molar-refractivity contribution is -0.129. The summed E-state index contributed by atoms with van der Waals surface area (Å²) in [5, 5.41) is 11.5. The van der Waals surface area contributed by atoms with Gasteiger partial charge in [0.15, 0.2) is 0 Å². The highest BCUT2D eigenvalue weighted by molar-refractivity contribution is 6.32. The van der Waals surface area contributed by atoms with E-state index in [1.165, 1.54) is 6.20 Å². The van der Waals surface area contributed by atoms with E-state index in [1.807, 2.05) is 23.1 Å². The van der Waals surface area contributed by atoms with E-state index in [2.05, 4.69) is 15.2 Å². The molecule has 8 nitrogen and oxygen atoms in total. The molecule has 1 saturated heterocycles. The van der Waals surface area contributed by atoms with E-state index in [0.717, 1.165) is 18.8 Å². The van der Waals surface area contributed by atoms with Crippen LogP contribution in [0.4, 0.5) is 17.2 Å². The molecule has 0 spiro atoms. The van der Waals surface area contributed by atoms with Gasteiger partial charge in [0.25, 0.3) is 0 Å². The normalized spacial score (nSPS) is 13.9. The predicted octanol–water partition coefficient (Wildman–Crippen LogP) is 2.47. The SMILES string of the molecule is COc1cc(N2CCN(C(=O)CNc3ncc(N)cc3C(C)=N)CC2)ccc1Cl. The van der Waals surface area contributed by atoms with Gasteiger partial charge in [0.05, 0.1) is 30.6 Å². The number of pyridine rings is 1. The van der Waals surface area contributed by atoms with Gasteiger partial charge in [-0.05, 0) is 25.1 Å². The molecule has 1 amide bonds. The number of carbonyl (C=O) groups is 1. The summed E-state index contributed by atoms with van der Waals surface area (Å²) in [5.74, 6) is 1.12. The molecule has 9 heteroatoms. The molecule has 0 aliphatic carbocycles.